The summed E-state index contributed by atoms with van der Waals surface area (Å²) in [6.07, 6.45) is 1.57. The van der Waals surface area contributed by atoms with Crippen molar-refractivity contribution in [3.05, 3.63) is 12.4 Å². The van der Waals surface area contributed by atoms with E-state index in [1.54, 1.807) is 13.0 Å². The molecule has 1 aromatic heterocycles. The second kappa shape index (κ2) is 7.63. The lowest BCUT2D eigenvalue weighted by molar-refractivity contribution is 0.0990. The lowest BCUT2D eigenvalue weighted by atomic mass is 9.96. The molecule has 0 aliphatic heterocycles. The highest BCUT2D eigenvalue weighted by Crippen LogP contribution is 2.21. The Balaban J connectivity index is 2.71. The lowest BCUT2D eigenvalue weighted by Gasteiger charge is -2.25. The number of aromatic nitrogens is 2. The van der Waals surface area contributed by atoms with E-state index in [9.17, 15) is 0 Å². The van der Waals surface area contributed by atoms with Crippen LogP contribution in [0.4, 0.5) is 0 Å². The topological polar surface area (TPSA) is 44.2 Å². The van der Waals surface area contributed by atoms with E-state index in [0.29, 0.717) is 30.2 Å². The van der Waals surface area contributed by atoms with Gasteiger partial charge in [-0.3, -0.25) is 0 Å². The molecule has 0 saturated heterocycles. The second-order valence-electron chi connectivity index (χ2n) is 4.98. The van der Waals surface area contributed by atoms with Crippen LogP contribution in [-0.2, 0) is 0 Å². The molecule has 0 fully saturated rings. The molecule has 19 heavy (non-hydrogen) atoms. The van der Waals surface area contributed by atoms with Crippen molar-refractivity contribution in [1.82, 2.24) is 9.97 Å². The van der Waals surface area contributed by atoms with Gasteiger partial charge < -0.3 is 9.47 Å². The third-order valence-corrected chi connectivity index (χ3v) is 2.66. The summed E-state index contributed by atoms with van der Waals surface area (Å²) in [4.78, 5) is 8.15. The van der Waals surface area contributed by atoms with Gasteiger partial charge in [0.1, 0.15) is 12.4 Å². The van der Waals surface area contributed by atoms with Crippen LogP contribution in [0.25, 0.3) is 0 Å². The van der Waals surface area contributed by atoms with Crippen molar-refractivity contribution in [2.45, 2.75) is 40.7 Å². The molecule has 0 spiro atoms. The van der Waals surface area contributed by atoms with Gasteiger partial charge in [-0.25, -0.2) is 9.97 Å². The lowest BCUT2D eigenvalue weighted by Crippen LogP contribution is -2.29. The van der Waals surface area contributed by atoms with E-state index >= 15 is 0 Å². The molecule has 0 atom stereocenters. The molecule has 0 N–H and O–H groups in total. The number of hydrogen-bond donors (Lipinski definition) is 0. The van der Waals surface area contributed by atoms with Gasteiger partial charge in [-0.1, -0.05) is 33.6 Å². The minimum absolute atomic E-state index is 0.123. The fourth-order valence-corrected chi connectivity index (χ4v) is 1.83. The average Bonchev–Trinajstić information content (AvgIpc) is 2.36. The van der Waals surface area contributed by atoms with Crippen molar-refractivity contribution in [1.29, 1.82) is 0 Å². The number of nitrogens with zero attached hydrogens (tertiary/aromatic N) is 2. The van der Waals surface area contributed by atoms with Gasteiger partial charge >= 0.3 is 0 Å². The van der Waals surface area contributed by atoms with Crippen LogP contribution in [0.5, 0.6) is 11.8 Å². The zero-order valence-corrected chi connectivity index (χ0v) is 12.3. The molecule has 0 aliphatic carbocycles. The fourth-order valence-electron chi connectivity index (χ4n) is 1.83. The second-order valence-corrected chi connectivity index (χ2v) is 4.98. The van der Waals surface area contributed by atoms with Crippen LogP contribution in [0, 0.1) is 23.7 Å². The van der Waals surface area contributed by atoms with E-state index in [1.807, 2.05) is 0 Å². The van der Waals surface area contributed by atoms with Crippen molar-refractivity contribution in [2.75, 3.05) is 6.61 Å². The quantitative estimate of drug-likeness (QED) is 0.739. The Morgan fingerprint density at radius 1 is 1.11 bits per heavy atom. The normalized spacial score (nSPS) is 10.5. The van der Waals surface area contributed by atoms with Crippen LogP contribution in [0.15, 0.2) is 12.4 Å². The number of ether oxygens (including phenoxy) is 2. The third kappa shape index (κ3) is 5.17. The van der Waals surface area contributed by atoms with Gasteiger partial charge in [-0.2, -0.15) is 0 Å². The molecule has 1 rings (SSSR count). The zero-order chi connectivity index (χ0) is 14.3. The minimum atomic E-state index is 0.123. The summed E-state index contributed by atoms with van der Waals surface area (Å²) in [5.41, 5.74) is 0. The summed E-state index contributed by atoms with van der Waals surface area (Å²) < 4.78 is 11.3. The zero-order valence-electron chi connectivity index (χ0n) is 12.3. The van der Waals surface area contributed by atoms with Crippen LogP contribution < -0.4 is 9.47 Å². The largest absolute Gasteiger partial charge is 0.474 e. The van der Waals surface area contributed by atoms with Gasteiger partial charge in [-0.15, -0.1) is 5.92 Å². The molecule has 1 heterocycles. The van der Waals surface area contributed by atoms with Crippen LogP contribution in [-0.4, -0.2) is 22.7 Å². The Bertz CT molecular complexity index is 439. The molecule has 0 bridgehead atoms. The monoisotopic (exact) mass is 262 g/mol. The van der Waals surface area contributed by atoms with Gasteiger partial charge in [0.25, 0.3) is 0 Å². The van der Waals surface area contributed by atoms with Crippen LogP contribution in [0.1, 0.15) is 34.6 Å². The number of hydrogen-bond acceptors (Lipinski definition) is 4. The predicted molar refractivity (Wildman–Crippen MR) is 75.1 cm³/mol. The van der Waals surface area contributed by atoms with Crippen molar-refractivity contribution >= 4 is 0 Å². The predicted octanol–water partition coefficient (Wildman–Crippen LogP) is 2.94. The SMILES string of the molecule is CC#CCOc1cc(OC(C(C)C)C(C)C)ncn1. The molecule has 0 aromatic carbocycles. The molecule has 104 valence electrons. The summed E-state index contributed by atoms with van der Waals surface area (Å²) in [5.74, 6) is 7.46. The highest BCUT2D eigenvalue weighted by atomic mass is 16.5. The first-order valence-corrected chi connectivity index (χ1v) is 6.55. The first-order chi connectivity index (χ1) is 9.04. The van der Waals surface area contributed by atoms with Crippen molar-refractivity contribution in [2.24, 2.45) is 11.8 Å². The summed E-state index contributed by atoms with van der Waals surface area (Å²) in [6.45, 7) is 10.7. The Hall–Kier alpha value is -1.76. The smallest absolute Gasteiger partial charge is 0.221 e. The maximum absolute atomic E-state index is 5.92. The van der Waals surface area contributed by atoms with Gasteiger partial charge in [0, 0.05) is 0 Å². The Morgan fingerprint density at radius 3 is 2.32 bits per heavy atom. The van der Waals surface area contributed by atoms with E-state index in [-0.39, 0.29) is 6.10 Å². The first kappa shape index (κ1) is 15.3. The van der Waals surface area contributed by atoms with E-state index in [2.05, 4.69) is 49.5 Å². The van der Waals surface area contributed by atoms with Gasteiger partial charge in [0.05, 0.1) is 6.07 Å². The molecule has 0 amide bonds. The maximum Gasteiger partial charge on any atom is 0.221 e. The first-order valence-electron chi connectivity index (χ1n) is 6.55. The van der Waals surface area contributed by atoms with Crippen molar-refractivity contribution < 1.29 is 9.47 Å². The Morgan fingerprint density at radius 2 is 1.74 bits per heavy atom. The molecular weight excluding hydrogens is 240 g/mol. The van der Waals surface area contributed by atoms with E-state index in [4.69, 9.17) is 9.47 Å². The van der Waals surface area contributed by atoms with Crippen LogP contribution in [0.3, 0.4) is 0 Å². The molecular formula is C15H22N2O2. The van der Waals surface area contributed by atoms with Gasteiger partial charge in [-0.05, 0) is 18.8 Å². The molecule has 4 nitrogen and oxygen atoms in total. The molecule has 0 unspecified atom stereocenters. The van der Waals surface area contributed by atoms with Crippen molar-refractivity contribution in [3.8, 4) is 23.6 Å². The maximum atomic E-state index is 5.92. The summed E-state index contributed by atoms with van der Waals surface area (Å²) in [7, 11) is 0. The van der Waals surface area contributed by atoms with E-state index in [1.165, 1.54) is 6.33 Å². The standard InChI is InChI=1S/C15H22N2O2/c1-6-7-8-18-13-9-14(17-10-16-13)19-15(11(2)3)12(4)5/h9-12,15H,8H2,1-5H3. The van der Waals surface area contributed by atoms with E-state index in [0.717, 1.165) is 0 Å². The van der Waals surface area contributed by atoms with Gasteiger partial charge in [0.15, 0.2) is 6.61 Å². The highest BCUT2D eigenvalue weighted by molar-refractivity contribution is 5.19. The Labute approximate surface area is 115 Å². The molecule has 0 aliphatic rings. The van der Waals surface area contributed by atoms with Crippen LogP contribution in [0.2, 0.25) is 0 Å². The minimum Gasteiger partial charge on any atom is -0.474 e. The molecule has 4 heteroatoms. The van der Waals surface area contributed by atoms with Gasteiger partial charge in [0.2, 0.25) is 11.8 Å². The Kier molecular flexibility index (Phi) is 6.14. The average molecular weight is 262 g/mol. The third-order valence-electron chi connectivity index (χ3n) is 2.66. The van der Waals surface area contributed by atoms with Crippen LogP contribution >= 0.6 is 0 Å². The molecule has 1 aromatic rings. The summed E-state index contributed by atoms with van der Waals surface area (Å²) in [5, 5.41) is 0. The summed E-state index contributed by atoms with van der Waals surface area (Å²) >= 11 is 0. The highest BCUT2D eigenvalue weighted by Gasteiger charge is 2.20. The van der Waals surface area contributed by atoms with E-state index < -0.39 is 0 Å². The molecule has 0 radical (unpaired) electrons. The summed E-state index contributed by atoms with van der Waals surface area (Å²) in [6, 6.07) is 1.70. The number of rotatable bonds is 6. The molecule has 0 saturated carbocycles. The van der Waals surface area contributed by atoms with Crippen molar-refractivity contribution in [3.63, 3.8) is 0 Å². The fraction of sp³-hybridized carbons (Fsp3) is 0.600.